The summed E-state index contributed by atoms with van der Waals surface area (Å²) in [4.78, 5) is 13.2. The lowest BCUT2D eigenvalue weighted by atomic mass is 10.0. The average Bonchev–Trinajstić information content (AvgIpc) is 2.74. The van der Waals surface area contributed by atoms with E-state index >= 15 is 0 Å². The quantitative estimate of drug-likeness (QED) is 0.746. The Balaban J connectivity index is 1.95. The van der Waals surface area contributed by atoms with Crippen molar-refractivity contribution in [2.24, 2.45) is 5.92 Å². The first-order valence-electron chi connectivity index (χ1n) is 5.68. The van der Waals surface area contributed by atoms with Crippen LogP contribution in [0.5, 0.6) is 0 Å². The van der Waals surface area contributed by atoms with Crippen molar-refractivity contribution in [3.05, 3.63) is 0 Å². The van der Waals surface area contributed by atoms with Gasteiger partial charge in [0, 0.05) is 18.6 Å². The first-order valence-corrected chi connectivity index (χ1v) is 5.68. The fourth-order valence-electron chi connectivity index (χ4n) is 3.11. The van der Waals surface area contributed by atoms with Crippen LogP contribution in [0.25, 0.3) is 0 Å². The van der Waals surface area contributed by atoms with Gasteiger partial charge in [-0.15, -0.1) is 0 Å². The SMILES string of the molecule is CCC(CC(=O)O)N1CC2CCC1C2. The van der Waals surface area contributed by atoms with Crippen molar-refractivity contribution < 1.29 is 9.90 Å². The number of carboxylic acid groups (broad SMARTS) is 1. The molecule has 1 N–H and O–H groups in total. The molecule has 0 radical (unpaired) electrons. The van der Waals surface area contributed by atoms with Crippen LogP contribution in [0.2, 0.25) is 0 Å². The van der Waals surface area contributed by atoms with Gasteiger partial charge in [-0.25, -0.2) is 0 Å². The summed E-state index contributed by atoms with van der Waals surface area (Å²) in [5.74, 6) is 0.211. The fraction of sp³-hybridized carbons (Fsp3) is 0.909. The smallest absolute Gasteiger partial charge is 0.304 e. The predicted molar refractivity (Wildman–Crippen MR) is 54.2 cm³/mol. The average molecular weight is 197 g/mol. The molecule has 1 aliphatic heterocycles. The van der Waals surface area contributed by atoms with Gasteiger partial charge in [0.25, 0.3) is 0 Å². The highest BCUT2D eigenvalue weighted by atomic mass is 16.4. The van der Waals surface area contributed by atoms with Gasteiger partial charge in [-0.05, 0) is 31.6 Å². The number of piperidine rings is 1. The first-order chi connectivity index (χ1) is 6.70. The molecule has 1 saturated carbocycles. The lowest BCUT2D eigenvalue weighted by Crippen LogP contribution is -2.41. The molecule has 2 bridgehead atoms. The maximum atomic E-state index is 10.7. The number of nitrogens with zero attached hydrogens (tertiary/aromatic N) is 1. The van der Waals surface area contributed by atoms with Gasteiger partial charge < -0.3 is 5.11 Å². The third kappa shape index (κ3) is 1.78. The second-order valence-electron chi connectivity index (χ2n) is 4.69. The summed E-state index contributed by atoms with van der Waals surface area (Å²) in [5.41, 5.74) is 0. The monoisotopic (exact) mass is 197 g/mol. The number of hydrogen-bond donors (Lipinski definition) is 1. The minimum absolute atomic E-state index is 0.280. The molecule has 2 aliphatic rings. The zero-order chi connectivity index (χ0) is 10.1. The zero-order valence-electron chi connectivity index (χ0n) is 8.78. The Labute approximate surface area is 85.1 Å². The van der Waals surface area contributed by atoms with E-state index in [9.17, 15) is 4.79 Å². The molecule has 0 aromatic rings. The Hall–Kier alpha value is -0.570. The lowest BCUT2D eigenvalue weighted by Gasteiger charge is -2.33. The lowest BCUT2D eigenvalue weighted by molar-refractivity contribution is -0.138. The number of fused-ring (bicyclic) bond motifs is 2. The van der Waals surface area contributed by atoms with Crippen molar-refractivity contribution in [1.29, 1.82) is 0 Å². The Morgan fingerprint density at radius 3 is 2.79 bits per heavy atom. The number of rotatable bonds is 4. The first kappa shape index (κ1) is 9.97. The van der Waals surface area contributed by atoms with Crippen LogP contribution in [0.3, 0.4) is 0 Å². The number of aliphatic carboxylic acids is 1. The molecule has 0 spiro atoms. The molecule has 14 heavy (non-hydrogen) atoms. The highest BCUT2D eigenvalue weighted by molar-refractivity contribution is 5.67. The molecular formula is C11H19NO2. The second-order valence-corrected chi connectivity index (χ2v) is 4.69. The van der Waals surface area contributed by atoms with Gasteiger partial charge in [0.2, 0.25) is 0 Å². The van der Waals surface area contributed by atoms with Crippen LogP contribution >= 0.6 is 0 Å². The Kier molecular flexibility index (Phi) is 2.77. The van der Waals surface area contributed by atoms with Crippen LogP contribution in [0.15, 0.2) is 0 Å². The van der Waals surface area contributed by atoms with E-state index in [1.807, 2.05) is 0 Å². The van der Waals surface area contributed by atoms with E-state index < -0.39 is 5.97 Å². The molecule has 3 atom stereocenters. The Morgan fingerprint density at radius 1 is 1.57 bits per heavy atom. The normalized spacial score (nSPS) is 33.5. The molecule has 0 aromatic carbocycles. The minimum atomic E-state index is -0.653. The summed E-state index contributed by atoms with van der Waals surface area (Å²) in [5, 5.41) is 8.82. The molecule has 1 aliphatic carbocycles. The summed E-state index contributed by atoms with van der Waals surface area (Å²) in [7, 11) is 0. The summed E-state index contributed by atoms with van der Waals surface area (Å²) < 4.78 is 0. The molecule has 3 nitrogen and oxygen atoms in total. The van der Waals surface area contributed by atoms with Gasteiger partial charge in [-0.1, -0.05) is 6.92 Å². The molecule has 2 fully saturated rings. The van der Waals surface area contributed by atoms with E-state index in [0.717, 1.165) is 18.9 Å². The van der Waals surface area contributed by atoms with Crippen LogP contribution in [-0.2, 0) is 4.79 Å². The number of carboxylic acids is 1. The van der Waals surface area contributed by atoms with Gasteiger partial charge in [-0.3, -0.25) is 9.69 Å². The third-order valence-corrected chi connectivity index (χ3v) is 3.80. The fourth-order valence-corrected chi connectivity index (χ4v) is 3.11. The zero-order valence-corrected chi connectivity index (χ0v) is 8.78. The summed E-state index contributed by atoms with van der Waals surface area (Å²) in [6, 6.07) is 0.979. The number of carbonyl (C=O) groups is 1. The molecule has 80 valence electrons. The van der Waals surface area contributed by atoms with Gasteiger partial charge in [-0.2, -0.15) is 0 Å². The van der Waals surface area contributed by atoms with Gasteiger partial charge >= 0.3 is 5.97 Å². The Morgan fingerprint density at radius 2 is 2.36 bits per heavy atom. The summed E-state index contributed by atoms with van der Waals surface area (Å²) in [6.07, 6.45) is 5.26. The third-order valence-electron chi connectivity index (χ3n) is 3.80. The van der Waals surface area contributed by atoms with Crippen LogP contribution in [0.1, 0.15) is 39.0 Å². The van der Waals surface area contributed by atoms with E-state index in [1.54, 1.807) is 0 Å². The maximum absolute atomic E-state index is 10.7. The second kappa shape index (κ2) is 3.89. The molecule has 0 aromatic heterocycles. The van der Waals surface area contributed by atoms with Crippen LogP contribution in [0.4, 0.5) is 0 Å². The van der Waals surface area contributed by atoms with Crippen LogP contribution in [-0.4, -0.2) is 34.6 Å². The van der Waals surface area contributed by atoms with E-state index in [0.29, 0.717) is 12.5 Å². The topological polar surface area (TPSA) is 40.5 Å². The Bertz CT molecular complexity index is 229. The standard InChI is InChI=1S/C11H19NO2/c1-2-9(6-11(13)14)12-7-8-3-4-10(12)5-8/h8-10H,2-7H2,1H3,(H,13,14). The number of hydrogen-bond acceptors (Lipinski definition) is 2. The van der Waals surface area contributed by atoms with Crippen molar-refractivity contribution in [3.63, 3.8) is 0 Å². The van der Waals surface area contributed by atoms with Crippen LogP contribution < -0.4 is 0 Å². The van der Waals surface area contributed by atoms with Gasteiger partial charge in [0.15, 0.2) is 0 Å². The van der Waals surface area contributed by atoms with Gasteiger partial charge in [0.1, 0.15) is 0 Å². The molecule has 2 rings (SSSR count). The van der Waals surface area contributed by atoms with Crippen molar-refractivity contribution in [3.8, 4) is 0 Å². The molecule has 0 amide bonds. The van der Waals surface area contributed by atoms with Crippen molar-refractivity contribution in [2.75, 3.05) is 6.54 Å². The van der Waals surface area contributed by atoms with E-state index in [1.165, 1.54) is 19.3 Å². The molecule has 3 unspecified atom stereocenters. The van der Waals surface area contributed by atoms with Crippen molar-refractivity contribution in [2.45, 2.75) is 51.1 Å². The summed E-state index contributed by atoms with van der Waals surface area (Å²) >= 11 is 0. The molecular weight excluding hydrogens is 178 g/mol. The highest BCUT2D eigenvalue weighted by Crippen LogP contribution is 2.39. The molecule has 1 heterocycles. The molecule has 1 saturated heterocycles. The van der Waals surface area contributed by atoms with Gasteiger partial charge in [0.05, 0.1) is 6.42 Å². The van der Waals surface area contributed by atoms with E-state index in [2.05, 4.69) is 11.8 Å². The van der Waals surface area contributed by atoms with E-state index in [-0.39, 0.29) is 6.04 Å². The highest BCUT2D eigenvalue weighted by Gasteiger charge is 2.40. The van der Waals surface area contributed by atoms with Crippen molar-refractivity contribution in [1.82, 2.24) is 4.90 Å². The van der Waals surface area contributed by atoms with E-state index in [4.69, 9.17) is 5.11 Å². The van der Waals surface area contributed by atoms with Crippen LogP contribution in [0, 0.1) is 5.92 Å². The maximum Gasteiger partial charge on any atom is 0.304 e. The molecule has 3 heteroatoms. The van der Waals surface area contributed by atoms with Crippen molar-refractivity contribution >= 4 is 5.97 Å². The summed E-state index contributed by atoms with van der Waals surface area (Å²) in [6.45, 7) is 3.25. The minimum Gasteiger partial charge on any atom is -0.481 e. The largest absolute Gasteiger partial charge is 0.481 e. The predicted octanol–water partition coefficient (Wildman–Crippen LogP) is 1.72. The number of likely N-dealkylation sites (tertiary alicyclic amines) is 1.